The van der Waals surface area contributed by atoms with Gasteiger partial charge in [0, 0.05) is 19.5 Å². The van der Waals surface area contributed by atoms with E-state index in [-0.39, 0.29) is 6.10 Å². The number of aryl methyl sites for hydroxylation is 1. The van der Waals surface area contributed by atoms with Gasteiger partial charge in [0.15, 0.2) is 11.5 Å². The number of hydrogen-bond donors (Lipinski definition) is 0. The van der Waals surface area contributed by atoms with Crippen molar-refractivity contribution in [2.45, 2.75) is 31.8 Å². The molecule has 4 heteroatoms. The van der Waals surface area contributed by atoms with Crippen molar-refractivity contribution in [3.63, 3.8) is 0 Å². The van der Waals surface area contributed by atoms with E-state index >= 15 is 0 Å². The third kappa shape index (κ3) is 3.73. The van der Waals surface area contributed by atoms with Crippen molar-refractivity contribution < 1.29 is 14.3 Å². The van der Waals surface area contributed by atoms with Crippen LogP contribution in [0, 0.1) is 0 Å². The second-order valence-electron chi connectivity index (χ2n) is 5.27. The van der Waals surface area contributed by atoms with Crippen LogP contribution in [-0.2, 0) is 11.2 Å². The van der Waals surface area contributed by atoms with Crippen molar-refractivity contribution in [3.05, 3.63) is 23.8 Å². The Bertz CT molecular complexity index is 439. The summed E-state index contributed by atoms with van der Waals surface area (Å²) in [5.74, 6) is 1.57. The lowest BCUT2D eigenvalue weighted by Gasteiger charge is -2.30. The largest absolute Gasteiger partial charge is 0.493 e. The van der Waals surface area contributed by atoms with Crippen LogP contribution in [0.15, 0.2) is 18.2 Å². The molecule has 0 aromatic heterocycles. The van der Waals surface area contributed by atoms with Gasteiger partial charge in [-0.15, -0.1) is 0 Å². The summed E-state index contributed by atoms with van der Waals surface area (Å²) >= 11 is 0. The highest BCUT2D eigenvalue weighted by Crippen LogP contribution is 2.33. The number of aldehydes is 1. The molecule has 2 rings (SSSR count). The van der Waals surface area contributed by atoms with Gasteiger partial charge in [-0.3, -0.25) is 0 Å². The Kier molecular flexibility index (Phi) is 5.41. The molecule has 1 aliphatic heterocycles. The molecule has 0 spiro atoms. The molecule has 1 fully saturated rings. The molecular weight excluding hydrogens is 254 g/mol. The molecule has 0 unspecified atom stereocenters. The van der Waals surface area contributed by atoms with Crippen molar-refractivity contribution in [1.82, 2.24) is 4.90 Å². The Balaban J connectivity index is 2.08. The Morgan fingerprint density at radius 2 is 2.10 bits per heavy atom. The molecule has 20 heavy (non-hydrogen) atoms. The molecule has 1 saturated heterocycles. The first-order valence-corrected chi connectivity index (χ1v) is 7.19. The minimum Gasteiger partial charge on any atom is -0.493 e. The molecule has 0 N–H and O–H groups in total. The molecule has 1 aromatic carbocycles. The minimum absolute atomic E-state index is 0.251. The molecule has 1 heterocycles. The Morgan fingerprint density at radius 3 is 2.75 bits per heavy atom. The second kappa shape index (κ2) is 7.29. The Hall–Kier alpha value is -1.55. The van der Waals surface area contributed by atoms with E-state index in [1.165, 1.54) is 0 Å². The van der Waals surface area contributed by atoms with Gasteiger partial charge in [0.25, 0.3) is 0 Å². The summed E-state index contributed by atoms with van der Waals surface area (Å²) in [7, 11) is 3.79. The van der Waals surface area contributed by atoms with Gasteiger partial charge >= 0.3 is 0 Å². The molecule has 1 aromatic rings. The highest BCUT2D eigenvalue weighted by atomic mass is 16.5. The fourth-order valence-electron chi connectivity index (χ4n) is 2.58. The number of likely N-dealkylation sites (tertiary alicyclic amines) is 1. The lowest BCUT2D eigenvalue weighted by atomic mass is 10.1. The highest BCUT2D eigenvalue weighted by molar-refractivity contribution is 5.53. The van der Waals surface area contributed by atoms with Crippen LogP contribution in [0.25, 0.3) is 0 Å². The number of methoxy groups -OCH3 is 1. The van der Waals surface area contributed by atoms with Gasteiger partial charge < -0.3 is 19.2 Å². The van der Waals surface area contributed by atoms with E-state index in [1.54, 1.807) is 7.11 Å². The van der Waals surface area contributed by atoms with E-state index in [9.17, 15) is 4.79 Å². The van der Waals surface area contributed by atoms with Gasteiger partial charge in [-0.1, -0.05) is 12.1 Å². The molecule has 0 amide bonds. The van der Waals surface area contributed by atoms with E-state index in [0.29, 0.717) is 12.8 Å². The van der Waals surface area contributed by atoms with Crippen LogP contribution in [-0.4, -0.2) is 44.5 Å². The SMILES string of the molecule is COc1c(CCC=O)cccc1OC1CCN(C)CC1. The highest BCUT2D eigenvalue weighted by Gasteiger charge is 2.20. The molecule has 4 nitrogen and oxygen atoms in total. The predicted octanol–water partition coefficient (Wildman–Crippen LogP) is 2.30. The molecule has 0 atom stereocenters. The summed E-state index contributed by atoms with van der Waals surface area (Å²) in [6.45, 7) is 2.13. The summed E-state index contributed by atoms with van der Waals surface area (Å²) in [5.41, 5.74) is 1.03. The standard InChI is InChI=1S/C16H23NO3/c1-17-10-8-14(9-11-17)20-15-7-3-5-13(6-4-12-18)16(15)19-2/h3,5,7,12,14H,4,6,8-11H2,1-2H3. The Labute approximate surface area is 120 Å². The van der Waals surface area contributed by atoms with Gasteiger partial charge in [0.05, 0.1) is 7.11 Å². The lowest BCUT2D eigenvalue weighted by Crippen LogP contribution is -2.35. The Morgan fingerprint density at radius 1 is 1.35 bits per heavy atom. The van der Waals surface area contributed by atoms with Crippen molar-refractivity contribution in [2.75, 3.05) is 27.2 Å². The molecule has 0 bridgehead atoms. The van der Waals surface area contributed by atoms with Gasteiger partial charge in [-0.2, -0.15) is 0 Å². The van der Waals surface area contributed by atoms with Gasteiger partial charge in [-0.05, 0) is 37.9 Å². The topological polar surface area (TPSA) is 38.8 Å². The summed E-state index contributed by atoms with van der Waals surface area (Å²) in [4.78, 5) is 12.9. The summed E-state index contributed by atoms with van der Waals surface area (Å²) in [6, 6.07) is 5.90. The van der Waals surface area contributed by atoms with Crippen LogP contribution in [0.2, 0.25) is 0 Å². The maximum Gasteiger partial charge on any atom is 0.163 e. The summed E-state index contributed by atoms with van der Waals surface area (Å²) in [5, 5.41) is 0. The van der Waals surface area contributed by atoms with Gasteiger partial charge in [0.2, 0.25) is 0 Å². The van der Waals surface area contributed by atoms with Crippen LogP contribution in [0.4, 0.5) is 0 Å². The number of carbonyl (C=O) groups is 1. The quantitative estimate of drug-likeness (QED) is 0.748. The average molecular weight is 277 g/mol. The van der Waals surface area contributed by atoms with Crippen LogP contribution in [0.1, 0.15) is 24.8 Å². The molecule has 110 valence electrons. The number of carbonyl (C=O) groups excluding carboxylic acids is 1. The summed E-state index contributed by atoms with van der Waals surface area (Å²) < 4.78 is 11.6. The number of nitrogens with zero attached hydrogens (tertiary/aromatic N) is 1. The van der Waals surface area contributed by atoms with E-state index in [1.807, 2.05) is 18.2 Å². The molecular formula is C16H23NO3. The zero-order chi connectivity index (χ0) is 14.4. The predicted molar refractivity (Wildman–Crippen MR) is 78.5 cm³/mol. The zero-order valence-electron chi connectivity index (χ0n) is 12.3. The molecule has 0 aliphatic carbocycles. The maximum atomic E-state index is 10.5. The monoisotopic (exact) mass is 277 g/mol. The molecule has 0 saturated carbocycles. The minimum atomic E-state index is 0.251. The second-order valence-corrected chi connectivity index (χ2v) is 5.27. The number of rotatable bonds is 6. The van der Waals surface area contributed by atoms with Gasteiger partial charge in [0.1, 0.15) is 12.4 Å². The van der Waals surface area contributed by atoms with Crippen LogP contribution in [0.3, 0.4) is 0 Å². The first-order chi connectivity index (χ1) is 9.74. The zero-order valence-corrected chi connectivity index (χ0v) is 12.3. The van der Waals surface area contributed by atoms with E-state index in [0.717, 1.165) is 49.3 Å². The maximum absolute atomic E-state index is 10.5. The number of hydrogen-bond acceptors (Lipinski definition) is 4. The fraction of sp³-hybridized carbons (Fsp3) is 0.562. The van der Waals surface area contributed by atoms with E-state index in [2.05, 4.69) is 11.9 Å². The third-order valence-electron chi connectivity index (χ3n) is 3.76. The normalized spacial score (nSPS) is 16.9. The fourth-order valence-corrected chi connectivity index (χ4v) is 2.58. The first-order valence-electron chi connectivity index (χ1n) is 7.19. The number of benzene rings is 1. The van der Waals surface area contributed by atoms with Gasteiger partial charge in [-0.25, -0.2) is 0 Å². The van der Waals surface area contributed by atoms with E-state index < -0.39 is 0 Å². The van der Waals surface area contributed by atoms with Crippen molar-refractivity contribution >= 4 is 6.29 Å². The third-order valence-corrected chi connectivity index (χ3v) is 3.76. The number of ether oxygens (including phenoxy) is 2. The van der Waals surface area contributed by atoms with E-state index in [4.69, 9.17) is 9.47 Å². The van der Waals surface area contributed by atoms with Crippen molar-refractivity contribution in [2.24, 2.45) is 0 Å². The van der Waals surface area contributed by atoms with Crippen molar-refractivity contribution in [1.29, 1.82) is 0 Å². The first kappa shape index (κ1) is 14.9. The number of para-hydroxylation sites is 1. The van der Waals surface area contributed by atoms with Crippen molar-refractivity contribution in [3.8, 4) is 11.5 Å². The van der Waals surface area contributed by atoms with Crippen LogP contribution < -0.4 is 9.47 Å². The number of piperidine rings is 1. The van der Waals surface area contributed by atoms with Crippen LogP contribution in [0.5, 0.6) is 11.5 Å². The van der Waals surface area contributed by atoms with Crippen LogP contribution >= 0.6 is 0 Å². The molecule has 0 radical (unpaired) electrons. The smallest absolute Gasteiger partial charge is 0.163 e. The summed E-state index contributed by atoms with van der Waals surface area (Å²) in [6.07, 6.45) is 4.47. The molecule has 1 aliphatic rings. The lowest BCUT2D eigenvalue weighted by molar-refractivity contribution is -0.107. The average Bonchev–Trinajstić information content (AvgIpc) is 2.47.